The third kappa shape index (κ3) is 4.74. The number of nitrogens with two attached hydrogens (primary N) is 1. The predicted octanol–water partition coefficient (Wildman–Crippen LogP) is 4.28. The smallest absolute Gasteiger partial charge is 0.407 e. The van der Waals surface area contributed by atoms with E-state index in [1.54, 1.807) is 30.4 Å². The van der Waals surface area contributed by atoms with Crippen molar-refractivity contribution < 1.29 is 17.9 Å². The number of nitrogens with one attached hydrogen (secondary N) is 1. The van der Waals surface area contributed by atoms with Crippen LogP contribution in [0.2, 0.25) is 0 Å². The molecule has 0 atom stereocenters. The van der Waals surface area contributed by atoms with Crippen molar-refractivity contribution in [1.29, 1.82) is 0 Å². The van der Waals surface area contributed by atoms with E-state index in [9.17, 15) is 13.2 Å². The van der Waals surface area contributed by atoms with E-state index in [0.717, 1.165) is 11.1 Å². The van der Waals surface area contributed by atoms with Crippen LogP contribution in [0.25, 0.3) is 17.2 Å². The van der Waals surface area contributed by atoms with Gasteiger partial charge in [0.15, 0.2) is 0 Å². The lowest BCUT2D eigenvalue weighted by Gasteiger charge is -2.14. The zero-order valence-corrected chi connectivity index (χ0v) is 18.2. The van der Waals surface area contributed by atoms with E-state index in [0.29, 0.717) is 18.5 Å². The summed E-state index contributed by atoms with van der Waals surface area (Å²) in [5.41, 5.74) is 5.20. The monoisotopic (exact) mass is 448 g/mol. The number of alkyl carbamates (subject to hydrolysis) is 1. The molecule has 32 heavy (non-hydrogen) atoms. The number of hydrogen-bond donors (Lipinski definition) is 2. The molecular weight excluding hydrogens is 424 g/mol. The highest BCUT2D eigenvalue weighted by molar-refractivity contribution is 7.89. The van der Waals surface area contributed by atoms with Crippen LogP contribution >= 0.6 is 0 Å². The highest BCUT2D eigenvalue weighted by Crippen LogP contribution is 2.44. The number of primary sulfonamides is 1. The number of hydrogen-bond acceptors (Lipinski definition) is 4. The highest BCUT2D eigenvalue weighted by Gasteiger charge is 2.28. The quantitative estimate of drug-likeness (QED) is 0.527. The van der Waals surface area contributed by atoms with Crippen LogP contribution in [0.1, 0.15) is 29.0 Å². The van der Waals surface area contributed by atoms with Crippen LogP contribution in [-0.4, -0.2) is 27.7 Å². The van der Waals surface area contributed by atoms with Crippen molar-refractivity contribution in [2.75, 3.05) is 13.2 Å². The summed E-state index contributed by atoms with van der Waals surface area (Å²) in [6.45, 7) is 0.627. The summed E-state index contributed by atoms with van der Waals surface area (Å²) in [7, 11) is -3.79. The molecule has 6 nitrogen and oxygen atoms in total. The molecule has 1 aliphatic rings. The molecular formula is C25H24N2O4S. The van der Waals surface area contributed by atoms with Gasteiger partial charge in [0.05, 0.1) is 4.90 Å². The Labute approximate surface area is 187 Å². The molecule has 0 radical (unpaired) electrons. The van der Waals surface area contributed by atoms with Crippen molar-refractivity contribution in [2.24, 2.45) is 5.14 Å². The number of fused-ring (bicyclic) bond motifs is 3. The number of carbonyl (C=O) groups excluding carboxylic acids is 1. The van der Waals surface area contributed by atoms with Crippen LogP contribution in [0.5, 0.6) is 0 Å². The first-order valence-corrected chi connectivity index (χ1v) is 11.9. The minimum Gasteiger partial charge on any atom is -0.449 e. The van der Waals surface area contributed by atoms with Crippen molar-refractivity contribution in [1.82, 2.24) is 5.32 Å². The van der Waals surface area contributed by atoms with E-state index in [-0.39, 0.29) is 17.4 Å². The molecule has 0 saturated heterocycles. The molecule has 164 valence electrons. The summed E-state index contributed by atoms with van der Waals surface area (Å²) in [6.07, 6.45) is 3.50. The summed E-state index contributed by atoms with van der Waals surface area (Å²) >= 11 is 0. The highest BCUT2D eigenvalue weighted by atomic mass is 32.2. The van der Waals surface area contributed by atoms with Gasteiger partial charge in [0.2, 0.25) is 10.0 Å². The van der Waals surface area contributed by atoms with Gasteiger partial charge in [-0.1, -0.05) is 78.9 Å². The predicted molar refractivity (Wildman–Crippen MR) is 125 cm³/mol. The average molecular weight is 449 g/mol. The summed E-state index contributed by atoms with van der Waals surface area (Å²) in [6, 6.07) is 22.9. The summed E-state index contributed by atoms with van der Waals surface area (Å²) in [5, 5.41) is 7.97. The van der Waals surface area contributed by atoms with Gasteiger partial charge in [-0.15, -0.1) is 0 Å². The lowest BCUT2D eigenvalue weighted by molar-refractivity contribution is 0.143. The van der Waals surface area contributed by atoms with Gasteiger partial charge >= 0.3 is 6.09 Å². The maximum absolute atomic E-state index is 12.2. The summed E-state index contributed by atoms with van der Waals surface area (Å²) in [5.74, 6) is 0.0164. The molecule has 0 heterocycles. The molecule has 1 aliphatic carbocycles. The maximum Gasteiger partial charge on any atom is 0.407 e. The molecule has 0 aromatic heterocycles. The van der Waals surface area contributed by atoms with E-state index < -0.39 is 16.1 Å². The number of rotatable bonds is 7. The molecule has 0 aliphatic heterocycles. The zero-order valence-electron chi connectivity index (χ0n) is 17.4. The van der Waals surface area contributed by atoms with Gasteiger partial charge in [-0.3, -0.25) is 0 Å². The minimum absolute atomic E-state index is 0.0164. The number of sulfonamides is 1. The van der Waals surface area contributed by atoms with Crippen LogP contribution in [0, 0.1) is 0 Å². The Morgan fingerprint density at radius 3 is 2.19 bits per heavy atom. The Morgan fingerprint density at radius 1 is 0.938 bits per heavy atom. The second-order valence-corrected chi connectivity index (χ2v) is 9.06. The molecule has 0 unspecified atom stereocenters. The SMILES string of the molecule is NS(=O)(=O)c1ccccc1C=CCCNC(=O)OCC1c2ccccc2-c2ccccc21. The number of ether oxygens (including phenoxy) is 1. The second-order valence-electron chi connectivity index (χ2n) is 7.53. The topological polar surface area (TPSA) is 98.5 Å². The van der Waals surface area contributed by atoms with Gasteiger partial charge < -0.3 is 10.1 Å². The zero-order chi connectivity index (χ0) is 22.6. The van der Waals surface area contributed by atoms with Crippen molar-refractivity contribution in [3.8, 4) is 11.1 Å². The molecule has 0 fully saturated rings. The van der Waals surface area contributed by atoms with E-state index in [1.807, 2.05) is 24.3 Å². The van der Waals surface area contributed by atoms with E-state index >= 15 is 0 Å². The van der Waals surface area contributed by atoms with Crippen LogP contribution in [-0.2, 0) is 14.8 Å². The fourth-order valence-electron chi connectivity index (χ4n) is 3.99. The number of benzene rings is 3. The summed E-state index contributed by atoms with van der Waals surface area (Å²) in [4.78, 5) is 12.3. The van der Waals surface area contributed by atoms with Crippen LogP contribution < -0.4 is 10.5 Å². The van der Waals surface area contributed by atoms with E-state index in [1.165, 1.54) is 17.2 Å². The standard InChI is InChI=1S/C25H24N2O4S/c26-32(29,30)24-15-6-1-9-18(24)10-7-8-16-27-25(28)31-17-23-21-13-4-2-11-19(21)20-12-3-5-14-22(20)23/h1-7,9-15,23H,8,16-17H2,(H,27,28)(H2,26,29,30). The number of amides is 1. The van der Waals surface area contributed by atoms with Gasteiger partial charge in [-0.05, 0) is 40.3 Å². The largest absolute Gasteiger partial charge is 0.449 e. The normalized spacial score (nSPS) is 13.0. The average Bonchev–Trinajstić information content (AvgIpc) is 3.11. The van der Waals surface area contributed by atoms with Crippen molar-refractivity contribution in [3.05, 3.63) is 95.6 Å². The molecule has 3 aromatic carbocycles. The fraction of sp³-hybridized carbons (Fsp3) is 0.160. The first kappa shape index (κ1) is 21.8. The molecule has 0 spiro atoms. The third-order valence-corrected chi connectivity index (χ3v) is 6.43. The van der Waals surface area contributed by atoms with Crippen LogP contribution in [0.4, 0.5) is 4.79 Å². The number of carbonyl (C=O) groups is 1. The second kappa shape index (κ2) is 9.38. The lowest BCUT2D eigenvalue weighted by atomic mass is 9.98. The van der Waals surface area contributed by atoms with E-state index in [2.05, 4.69) is 29.6 Å². The minimum atomic E-state index is -3.79. The molecule has 0 saturated carbocycles. The van der Waals surface area contributed by atoms with E-state index in [4.69, 9.17) is 9.88 Å². The fourth-order valence-corrected chi connectivity index (χ4v) is 4.73. The van der Waals surface area contributed by atoms with Gasteiger partial charge in [-0.2, -0.15) is 0 Å². The first-order valence-electron chi connectivity index (χ1n) is 10.3. The molecule has 7 heteroatoms. The van der Waals surface area contributed by atoms with Crippen LogP contribution in [0.15, 0.2) is 83.8 Å². The molecule has 3 aromatic rings. The Bertz CT molecular complexity index is 1220. The lowest BCUT2D eigenvalue weighted by Crippen LogP contribution is -2.26. The third-order valence-electron chi connectivity index (χ3n) is 5.45. The Hall–Kier alpha value is -3.42. The first-order chi connectivity index (χ1) is 15.4. The Balaban J connectivity index is 1.30. The van der Waals surface area contributed by atoms with Crippen molar-refractivity contribution >= 4 is 22.2 Å². The molecule has 3 N–H and O–H groups in total. The van der Waals surface area contributed by atoms with Gasteiger partial charge in [0, 0.05) is 12.5 Å². The Morgan fingerprint density at radius 2 is 1.53 bits per heavy atom. The van der Waals surface area contributed by atoms with Crippen LogP contribution in [0.3, 0.4) is 0 Å². The Kier molecular flexibility index (Phi) is 6.39. The van der Waals surface area contributed by atoms with Gasteiger partial charge in [-0.25, -0.2) is 18.4 Å². The van der Waals surface area contributed by atoms with Crippen molar-refractivity contribution in [3.63, 3.8) is 0 Å². The maximum atomic E-state index is 12.2. The van der Waals surface area contributed by atoms with Gasteiger partial charge in [0.1, 0.15) is 6.61 Å². The van der Waals surface area contributed by atoms with Gasteiger partial charge in [0.25, 0.3) is 0 Å². The summed E-state index contributed by atoms with van der Waals surface area (Å²) < 4.78 is 28.8. The molecule has 1 amide bonds. The van der Waals surface area contributed by atoms with Crippen molar-refractivity contribution in [2.45, 2.75) is 17.2 Å². The molecule has 4 rings (SSSR count). The molecule has 0 bridgehead atoms.